The summed E-state index contributed by atoms with van der Waals surface area (Å²) < 4.78 is 23.2. The topological polar surface area (TPSA) is 47.6 Å². The fourth-order valence-corrected chi connectivity index (χ4v) is 3.41. The smallest absolute Gasteiger partial charge is 0.293 e. The number of benzene rings is 2. The molecule has 0 heterocycles. The first-order valence-electron chi connectivity index (χ1n) is 7.00. The Morgan fingerprint density at radius 2 is 1.48 bits per heavy atom. The van der Waals surface area contributed by atoms with Crippen molar-refractivity contribution in [3.05, 3.63) is 54.6 Å². The molecule has 112 valence electrons. The van der Waals surface area contributed by atoms with Crippen LogP contribution in [0.5, 0.6) is 0 Å². The monoisotopic (exact) mass is 305 g/mol. The minimum atomic E-state index is -3.34. The van der Waals surface area contributed by atoms with E-state index < -0.39 is 7.75 Å². The first-order chi connectivity index (χ1) is 10.2. The Kier molecular flexibility index (Phi) is 5.57. The predicted molar refractivity (Wildman–Crippen MR) is 86.4 cm³/mol. The number of hydrogen-bond donors (Lipinski definition) is 1. The molecule has 0 radical (unpaired) electrons. The minimum absolute atomic E-state index is 0.317. The van der Waals surface area contributed by atoms with E-state index in [4.69, 9.17) is 9.05 Å². The predicted octanol–water partition coefficient (Wildman–Crippen LogP) is 4.95. The van der Waals surface area contributed by atoms with E-state index in [0.717, 1.165) is 16.8 Å². The molecule has 0 fully saturated rings. The Morgan fingerprint density at radius 1 is 0.905 bits per heavy atom. The molecule has 0 unspecified atom stereocenters. The van der Waals surface area contributed by atoms with Crippen molar-refractivity contribution in [2.75, 3.05) is 18.3 Å². The molecule has 0 saturated heterocycles. The molecule has 0 atom stereocenters. The Hall–Kier alpha value is -1.61. The lowest BCUT2D eigenvalue weighted by Gasteiger charge is -2.20. The highest BCUT2D eigenvalue weighted by Crippen LogP contribution is 2.49. The van der Waals surface area contributed by atoms with Crippen molar-refractivity contribution in [2.45, 2.75) is 13.8 Å². The minimum Gasteiger partial charge on any atom is -0.293 e. The summed E-state index contributed by atoms with van der Waals surface area (Å²) in [6, 6.07) is 17.6. The molecule has 0 aliphatic heterocycles. The fourth-order valence-electron chi connectivity index (χ4n) is 2.04. The second-order valence-electron chi connectivity index (χ2n) is 4.36. The lowest BCUT2D eigenvalue weighted by Crippen LogP contribution is -2.05. The van der Waals surface area contributed by atoms with E-state index >= 15 is 0 Å². The summed E-state index contributed by atoms with van der Waals surface area (Å²) in [6.45, 7) is 4.21. The average molecular weight is 305 g/mol. The summed E-state index contributed by atoms with van der Waals surface area (Å²) in [5, 5.41) is 2.94. The maximum atomic E-state index is 12.6. The number of anilines is 1. The van der Waals surface area contributed by atoms with Crippen LogP contribution in [0.2, 0.25) is 0 Å². The Labute approximate surface area is 125 Å². The van der Waals surface area contributed by atoms with Crippen molar-refractivity contribution >= 4 is 13.4 Å². The van der Waals surface area contributed by atoms with Gasteiger partial charge in [-0.25, -0.2) is 4.57 Å². The normalized spacial score (nSPS) is 11.3. The van der Waals surface area contributed by atoms with Crippen molar-refractivity contribution in [1.29, 1.82) is 0 Å². The maximum absolute atomic E-state index is 12.6. The van der Waals surface area contributed by atoms with E-state index in [1.807, 2.05) is 54.6 Å². The highest BCUT2D eigenvalue weighted by Gasteiger charge is 2.24. The average Bonchev–Trinajstić information content (AvgIpc) is 2.49. The van der Waals surface area contributed by atoms with Gasteiger partial charge in [-0.05, 0) is 25.5 Å². The number of para-hydroxylation sites is 1. The quantitative estimate of drug-likeness (QED) is 0.735. The van der Waals surface area contributed by atoms with Gasteiger partial charge in [0.15, 0.2) is 0 Å². The molecule has 2 rings (SSSR count). The zero-order valence-corrected chi connectivity index (χ0v) is 13.2. The Morgan fingerprint density at radius 3 is 2.10 bits per heavy atom. The van der Waals surface area contributed by atoms with Crippen LogP contribution in [0.3, 0.4) is 0 Å². The molecule has 0 aromatic heterocycles. The zero-order valence-electron chi connectivity index (χ0n) is 12.3. The lowest BCUT2D eigenvalue weighted by atomic mass is 10.0. The van der Waals surface area contributed by atoms with Crippen molar-refractivity contribution < 1.29 is 13.6 Å². The molecule has 21 heavy (non-hydrogen) atoms. The molecule has 1 N–H and O–H groups in total. The third-order valence-corrected chi connectivity index (χ3v) is 4.58. The van der Waals surface area contributed by atoms with Gasteiger partial charge in [-0.2, -0.15) is 0 Å². The van der Waals surface area contributed by atoms with E-state index in [0.29, 0.717) is 13.2 Å². The van der Waals surface area contributed by atoms with Gasteiger partial charge in [-0.1, -0.05) is 48.5 Å². The highest BCUT2D eigenvalue weighted by molar-refractivity contribution is 7.55. The SMILES string of the molecule is CCOP(=O)(Nc1ccccc1-c1ccccc1)OCC. The van der Waals surface area contributed by atoms with Crippen LogP contribution in [0.4, 0.5) is 5.69 Å². The van der Waals surface area contributed by atoms with Crippen LogP contribution in [0, 0.1) is 0 Å². The van der Waals surface area contributed by atoms with Gasteiger partial charge >= 0.3 is 7.75 Å². The molecule has 5 heteroatoms. The molecule has 0 aliphatic carbocycles. The fraction of sp³-hybridized carbons (Fsp3) is 0.250. The first kappa shape index (κ1) is 15.8. The summed E-state index contributed by atoms with van der Waals surface area (Å²) in [6.07, 6.45) is 0. The van der Waals surface area contributed by atoms with Gasteiger partial charge in [0.2, 0.25) is 0 Å². The van der Waals surface area contributed by atoms with Gasteiger partial charge in [-0.15, -0.1) is 0 Å². The number of rotatable bonds is 7. The second kappa shape index (κ2) is 7.41. The molecule has 0 saturated carbocycles. The van der Waals surface area contributed by atoms with Gasteiger partial charge in [0.25, 0.3) is 0 Å². The van der Waals surface area contributed by atoms with Crippen LogP contribution in [0.25, 0.3) is 11.1 Å². The summed E-state index contributed by atoms with van der Waals surface area (Å²) in [7, 11) is -3.34. The molecule has 4 nitrogen and oxygen atoms in total. The van der Waals surface area contributed by atoms with Crippen molar-refractivity contribution in [3.8, 4) is 11.1 Å². The van der Waals surface area contributed by atoms with Crippen LogP contribution < -0.4 is 5.09 Å². The van der Waals surface area contributed by atoms with E-state index in [2.05, 4.69) is 5.09 Å². The highest BCUT2D eigenvalue weighted by atomic mass is 31.2. The van der Waals surface area contributed by atoms with Crippen molar-refractivity contribution in [3.63, 3.8) is 0 Å². The van der Waals surface area contributed by atoms with Gasteiger partial charge in [0.05, 0.1) is 18.9 Å². The maximum Gasteiger partial charge on any atom is 0.432 e. The van der Waals surface area contributed by atoms with Crippen LogP contribution in [-0.4, -0.2) is 13.2 Å². The van der Waals surface area contributed by atoms with Crippen molar-refractivity contribution in [1.82, 2.24) is 0 Å². The van der Waals surface area contributed by atoms with Gasteiger partial charge in [0.1, 0.15) is 0 Å². The molecule has 0 spiro atoms. The Balaban J connectivity index is 2.34. The van der Waals surface area contributed by atoms with Crippen LogP contribution in [-0.2, 0) is 13.6 Å². The summed E-state index contributed by atoms with van der Waals surface area (Å²) in [5.74, 6) is 0. The van der Waals surface area contributed by atoms with E-state index in [9.17, 15) is 4.57 Å². The lowest BCUT2D eigenvalue weighted by molar-refractivity contribution is 0.225. The van der Waals surface area contributed by atoms with Crippen molar-refractivity contribution in [2.24, 2.45) is 0 Å². The standard InChI is InChI=1S/C16H20NO3P/c1-3-19-21(18,20-4-2)17-16-13-9-8-12-15(16)14-10-6-5-7-11-14/h5-13H,3-4H2,1-2H3,(H,17,18). The molecule has 0 amide bonds. The second-order valence-corrected chi connectivity index (χ2v) is 6.09. The molecular weight excluding hydrogens is 285 g/mol. The Bertz CT molecular complexity index is 606. The zero-order chi connectivity index (χ0) is 15.1. The molecule has 0 aliphatic rings. The molecule has 2 aromatic rings. The summed E-state index contributed by atoms with van der Waals surface area (Å²) in [4.78, 5) is 0. The number of hydrogen-bond acceptors (Lipinski definition) is 3. The number of nitrogens with one attached hydrogen (secondary N) is 1. The molecule has 0 bridgehead atoms. The molecular formula is C16H20NO3P. The summed E-state index contributed by atoms with van der Waals surface area (Å²) in [5.41, 5.74) is 2.73. The third kappa shape index (κ3) is 4.18. The third-order valence-electron chi connectivity index (χ3n) is 2.87. The summed E-state index contributed by atoms with van der Waals surface area (Å²) >= 11 is 0. The van der Waals surface area contributed by atoms with Gasteiger partial charge < -0.3 is 0 Å². The first-order valence-corrected chi connectivity index (χ1v) is 8.54. The van der Waals surface area contributed by atoms with E-state index in [1.165, 1.54) is 0 Å². The largest absolute Gasteiger partial charge is 0.432 e. The van der Waals surface area contributed by atoms with Gasteiger partial charge in [0, 0.05) is 5.56 Å². The van der Waals surface area contributed by atoms with E-state index in [1.54, 1.807) is 13.8 Å². The van der Waals surface area contributed by atoms with Crippen LogP contribution in [0.1, 0.15) is 13.8 Å². The van der Waals surface area contributed by atoms with Gasteiger partial charge in [-0.3, -0.25) is 14.1 Å². The van der Waals surface area contributed by atoms with E-state index in [-0.39, 0.29) is 0 Å². The van der Waals surface area contributed by atoms with Crippen LogP contribution in [0.15, 0.2) is 54.6 Å². The van der Waals surface area contributed by atoms with Crippen LogP contribution >= 0.6 is 7.75 Å². The molecule has 2 aromatic carbocycles.